The first-order chi connectivity index (χ1) is 1.00. The molecule has 0 amide bonds. The van der Waals surface area contributed by atoms with Crippen molar-refractivity contribution in [3.05, 3.63) is 13.2 Å². The maximum atomic E-state index is 4.25. The van der Waals surface area contributed by atoms with E-state index in [1.807, 2.05) is 0 Å². The van der Waals surface area contributed by atoms with Gasteiger partial charge >= 0.3 is 21.1 Å². The van der Waals surface area contributed by atoms with Crippen LogP contribution in [-0.2, 0) is 21.1 Å². The van der Waals surface area contributed by atoms with Crippen molar-refractivity contribution in [2.24, 2.45) is 5.73 Å². The van der Waals surface area contributed by atoms with E-state index in [1.54, 1.807) is 0 Å². The first kappa shape index (κ1) is 23.2. The molecule has 0 unspecified atom stereocenters. The van der Waals surface area contributed by atoms with Crippen LogP contribution in [0.5, 0.6) is 0 Å². The maximum absolute atomic E-state index is 4.25. The van der Waals surface area contributed by atoms with Crippen LogP contribution in [0.25, 0.3) is 6.15 Å². The quantitative estimate of drug-likeness (QED) is 0.603. The van der Waals surface area contributed by atoms with Crippen LogP contribution in [0.4, 0.5) is 0 Å². The van der Waals surface area contributed by atoms with E-state index < -0.39 is 0 Å². The summed E-state index contributed by atoms with van der Waals surface area (Å²) in [7, 11) is 2.75. The molecule has 2 nitrogen and oxygen atoms in total. The van der Waals surface area contributed by atoms with Crippen molar-refractivity contribution in [2.75, 3.05) is 0 Å². The molecule has 0 atom stereocenters. The van der Waals surface area contributed by atoms with Crippen molar-refractivity contribution in [3.8, 4) is 0 Å². The fourth-order valence-electron chi connectivity index (χ4n) is 0. The van der Waals surface area contributed by atoms with Gasteiger partial charge in [0.2, 0.25) is 0 Å². The van der Waals surface area contributed by atoms with Crippen molar-refractivity contribution in [3.63, 3.8) is 0 Å². The van der Waals surface area contributed by atoms with Crippen LogP contribution in [0, 0.1) is 7.05 Å². The Labute approximate surface area is 40.6 Å². The van der Waals surface area contributed by atoms with Gasteiger partial charge in [-0.15, -0.1) is 0 Å². The summed E-state index contributed by atoms with van der Waals surface area (Å²) in [4.78, 5) is 0. The third kappa shape index (κ3) is 18.2. The molecule has 0 aliphatic carbocycles. The normalized spacial score (nSPS) is 1.50. The standard InChI is InChI=1S/CH4N.H2N.W/c1-2;;/h1-2H2;1H2;/q2*-1;+2. The number of nitrogens with two attached hydrogens (primary N) is 2. The van der Waals surface area contributed by atoms with E-state index in [0.29, 0.717) is 0 Å². The molecule has 0 aromatic carbocycles. The molecule has 0 spiro atoms. The van der Waals surface area contributed by atoms with Crippen LogP contribution in [0.15, 0.2) is 0 Å². The van der Waals surface area contributed by atoms with Crippen LogP contribution < -0.4 is 5.73 Å². The predicted molar refractivity (Wildman–Crippen MR) is 14.8 cm³/mol. The molecule has 26 valence electrons. The van der Waals surface area contributed by atoms with Gasteiger partial charge in [0, 0.05) is 0 Å². The van der Waals surface area contributed by atoms with E-state index in [-0.39, 0.29) is 27.2 Å². The average Bonchev–Trinajstić information content (AvgIpc) is 1.00. The Kier molecular flexibility index (Phi) is 385. The summed E-state index contributed by atoms with van der Waals surface area (Å²) in [6.45, 7) is 0. The fraction of sp³-hybridized carbons (Fsp3) is 0. The molecule has 4 heavy (non-hydrogen) atoms. The summed E-state index contributed by atoms with van der Waals surface area (Å²) in [5.41, 5.74) is 4.25. The van der Waals surface area contributed by atoms with Gasteiger partial charge in [-0.3, -0.25) is 7.05 Å². The van der Waals surface area contributed by atoms with E-state index in [0.717, 1.165) is 0 Å². The van der Waals surface area contributed by atoms with E-state index in [9.17, 15) is 0 Å². The number of hydrogen-bond donors (Lipinski definition) is 1. The van der Waals surface area contributed by atoms with Crippen molar-refractivity contribution in [1.29, 1.82) is 0 Å². The Morgan fingerprint density at radius 3 is 1.25 bits per heavy atom. The molecular weight excluding hydrogens is 224 g/mol. The smallest absolute Gasteiger partial charge is 0.693 e. The molecule has 3 heteroatoms. The molecule has 0 saturated heterocycles. The van der Waals surface area contributed by atoms with Gasteiger partial charge in [0.05, 0.1) is 0 Å². The van der Waals surface area contributed by atoms with E-state index in [2.05, 4.69) is 12.8 Å². The zero-order chi connectivity index (χ0) is 2.00. The van der Waals surface area contributed by atoms with Gasteiger partial charge in [0.15, 0.2) is 0 Å². The molecule has 0 aliphatic heterocycles. The topological polar surface area (TPSA) is 59.5 Å². The van der Waals surface area contributed by atoms with E-state index in [1.165, 1.54) is 0 Å². The molecule has 0 aromatic rings. The SMILES string of the molecule is [CH2-]N.[NH2-].[W+2]. The Hall–Kier alpha value is 0.608. The van der Waals surface area contributed by atoms with Gasteiger partial charge in [-0.2, -0.15) is 0 Å². The van der Waals surface area contributed by atoms with Gasteiger partial charge in [-0.05, 0) is 0 Å². The zero-order valence-corrected chi connectivity index (χ0v) is 5.20. The van der Waals surface area contributed by atoms with Crippen molar-refractivity contribution < 1.29 is 21.1 Å². The first-order valence-electron chi connectivity index (χ1n) is 0.408. The second-order valence-corrected chi connectivity index (χ2v) is 0. The van der Waals surface area contributed by atoms with Gasteiger partial charge in [0.25, 0.3) is 0 Å². The largest absolute Gasteiger partial charge is 2.00 e. The minimum atomic E-state index is 0. The second kappa shape index (κ2) is 66.3. The fourth-order valence-corrected chi connectivity index (χ4v) is 0. The minimum Gasteiger partial charge on any atom is -0.693 e. The summed E-state index contributed by atoms with van der Waals surface area (Å²) >= 11 is 0. The first-order valence-corrected chi connectivity index (χ1v) is 0.408. The minimum absolute atomic E-state index is 0. The van der Waals surface area contributed by atoms with Gasteiger partial charge < -0.3 is 11.9 Å². The van der Waals surface area contributed by atoms with Crippen LogP contribution in [0.2, 0.25) is 0 Å². The summed E-state index contributed by atoms with van der Waals surface area (Å²) in [6, 6.07) is 0. The van der Waals surface area contributed by atoms with Crippen molar-refractivity contribution in [1.82, 2.24) is 0 Å². The zero-order valence-electron chi connectivity index (χ0n) is 2.27. The Balaban J connectivity index is -0.00000000500. The van der Waals surface area contributed by atoms with E-state index >= 15 is 0 Å². The summed E-state index contributed by atoms with van der Waals surface area (Å²) in [5, 5.41) is 0. The average molecular weight is 230 g/mol. The Morgan fingerprint density at radius 1 is 1.25 bits per heavy atom. The third-order valence-electron chi connectivity index (χ3n) is 0. The van der Waals surface area contributed by atoms with Crippen molar-refractivity contribution >= 4 is 0 Å². The maximum Gasteiger partial charge on any atom is 2.00 e. The van der Waals surface area contributed by atoms with Gasteiger partial charge in [-0.1, -0.05) is 0 Å². The molecule has 4 N–H and O–H groups in total. The monoisotopic (exact) mass is 230 g/mol. The summed E-state index contributed by atoms with van der Waals surface area (Å²) < 4.78 is 0. The summed E-state index contributed by atoms with van der Waals surface area (Å²) in [6.07, 6.45) is 0. The summed E-state index contributed by atoms with van der Waals surface area (Å²) in [5.74, 6) is 0. The Bertz CT molecular complexity index is 6.00. The third-order valence-corrected chi connectivity index (χ3v) is 0. The molecule has 0 heterocycles. The van der Waals surface area contributed by atoms with Crippen LogP contribution in [0.3, 0.4) is 0 Å². The molecule has 0 saturated carbocycles. The number of hydrogen-bond acceptors (Lipinski definition) is 1. The number of rotatable bonds is 0. The van der Waals surface area contributed by atoms with Crippen LogP contribution in [0.1, 0.15) is 0 Å². The van der Waals surface area contributed by atoms with Gasteiger partial charge in [-0.25, -0.2) is 0 Å². The predicted octanol–water partition coefficient (Wildman–Crippen LogP) is 0.451. The van der Waals surface area contributed by atoms with Crippen LogP contribution >= 0.6 is 0 Å². The van der Waals surface area contributed by atoms with E-state index in [4.69, 9.17) is 0 Å². The molecule has 0 bridgehead atoms. The van der Waals surface area contributed by atoms with Crippen LogP contribution in [-0.4, -0.2) is 0 Å². The molecular formula is CH6N2W. The molecule has 0 rings (SSSR count). The van der Waals surface area contributed by atoms with Crippen molar-refractivity contribution in [2.45, 2.75) is 0 Å². The second-order valence-electron chi connectivity index (χ2n) is 0. The molecule has 0 aliphatic rings. The molecule has 0 aromatic heterocycles. The Morgan fingerprint density at radius 2 is 1.25 bits per heavy atom. The molecule has 0 fully saturated rings. The van der Waals surface area contributed by atoms with Gasteiger partial charge in [0.1, 0.15) is 0 Å². The molecule has 0 radical (unpaired) electrons.